The molecule has 0 aliphatic carbocycles. The van der Waals surface area contributed by atoms with E-state index in [4.69, 9.17) is 4.74 Å². The van der Waals surface area contributed by atoms with Crippen molar-refractivity contribution in [2.24, 2.45) is 0 Å². The van der Waals surface area contributed by atoms with Gasteiger partial charge in [-0.1, -0.05) is 12.1 Å². The van der Waals surface area contributed by atoms with E-state index in [-0.39, 0.29) is 0 Å². The molecule has 0 fully saturated rings. The van der Waals surface area contributed by atoms with E-state index in [1.165, 1.54) is 0 Å². The van der Waals surface area contributed by atoms with Gasteiger partial charge in [-0.3, -0.25) is 9.59 Å². The van der Waals surface area contributed by atoms with E-state index < -0.39 is 11.8 Å². The van der Waals surface area contributed by atoms with Gasteiger partial charge in [0.15, 0.2) is 0 Å². The number of methoxy groups -OCH3 is 1. The van der Waals surface area contributed by atoms with Gasteiger partial charge in [-0.05, 0) is 37.5 Å². The molecule has 0 heterocycles. The Kier molecular flexibility index (Phi) is 6.02. The van der Waals surface area contributed by atoms with Gasteiger partial charge in [-0.15, -0.1) is 0 Å². The number of ether oxygens (including phenoxy) is 1. The third-order valence-corrected chi connectivity index (χ3v) is 2.87. The molecule has 0 radical (unpaired) electrons. The average Bonchev–Trinajstić information content (AvgIpc) is 2.39. The number of carbonyl (C=O) groups excluding carboxylic acids is 2. The van der Waals surface area contributed by atoms with Crippen LogP contribution in [0.25, 0.3) is 0 Å². The minimum atomic E-state index is -0.647. The smallest absolute Gasteiger partial charge is 0.313 e. The Balaban J connectivity index is 2.50. The molecule has 0 aliphatic rings. The molecule has 1 aromatic rings. The van der Waals surface area contributed by atoms with Crippen molar-refractivity contribution in [3.05, 3.63) is 29.3 Å². The summed E-state index contributed by atoms with van der Waals surface area (Å²) in [5, 5.41) is 5.15. The van der Waals surface area contributed by atoms with E-state index in [2.05, 4.69) is 10.6 Å². The molecule has 2 N–H and O–H groups in total. The zero-order valence-electron chi connectivity index (χ0n) is 11.6. The van der Waals surface area contributed by atoms with Crippen LogP contribution in [0.1, 0.15) is 17.5 Å². The van der Waals surface area contributed by atoms with Gasteiger partial charge < -0.3 is 15.4 Å². The number of hydrogen-bond donors (Lipinski definition) is 2. The Morgan fingerprint density at radius 1 is 1.21 bits per heavy atom. The molecular formula is C14H20N2O3. The summed E-state index contributed by atoms with van der Waals surface area (Å²) in [6, 6.07) is 5.57. The summed E-state index contributed by atoms with van der Waals surface area (Å²) in [5.74, 6) is -1.27. The van der Waals surface area contributed by atoms with E-state index in [1.54, 1.807) is 13.2 Å². The van der Waals surface area contributed by atoms with Gasteiger partial charge >= 0.3 is 11.8 Å². The Hall–Kier alpha value is -1.88. The van der Waals surface area contributed by atoms with Gasteiger partial charge in [0.1, 0.15) is 0 Å². The largest absolute Gasteiger partial charge is 0.385 e. The molecule has 5 heteroatoms. The number of amides is 2. The van der Waals surface area contributed by atoms with Crippen LogP contribution in [-0.2, 0) is 14.3 Å². The number of carbonyl (C=O) groups is 2. The number of anilines is 1. The van der Waals surface area contributed by atoms with Crippen molar-refractivity contribution in [2.75, 3.05) is 25.6 Å². The van der Waals surface area contributed by atoms with Crippen LogP contribution >= 0.6 is 0 Å². The Morgan fingerprint density at radius 3 is 2.63 bits per heavy atom. The third kappa shape index (κ3) is 4.71. The summed E-state index contributed by atoms with van der Waals surface area (Å²) in [5.41, 5.74) is 2.69. The highest BCUT2D eigenvalue weighted by atomic mass is 16.5. The zero-order chi connectivity index (χ0) is 14.3. The number of rotatable bonds is 5. The number of hydrogen-bond acceptors (Lipinski definition) is 3. The molecule has 0 unspecified atom stereocenters. The summed E-state index contributed by atoms with van der Waals surface area (Å²) in [6.45, 7) is 4.84. The summed E-state index contributed by atoms with van der Waals surface area (Å²) >= 11 is 0. The Bertz CT molecular complexity index is 458. The lowest BCUT2D eigenvalue weighted by molar-refractivity contribution is -0.136. The lowest BCUT2D eigenvalue weighted by atomic mass is 10.1. The fourth-order valence-electron chi connectivity index (χ4n) is 1.56. The molecule has 0 saturated carbocycles. The minimum Gasteiger partial charge on any atom is -0.385 e. The molecule has 5 nitrogen and oxygen atoms in total. The first-order chi connectivity index (χ1) is 9.06. The molecule has 0 aliphatic heterocycles. The second kappa shape index (κ2) is 7.53. The Morgan fingerprint density at radius 2 is 1.95 bits per heavy atom. The van der Waals surface area contributed by atoms with E-state index in [0.717, 1.165) is 11.1 Å². The second-order valence-corrected chi connectivity index (χ2v) is 4.30. The molecule has 0 aromatic heterocycles. The van der Waals surface area contributed by atoms with Crippen LogP contribution in [0, 0.1) is 13.8 Å². The van der Waals surface area contributed by atoms with Crippen molar-refractivity contribution < 1.29 is 14.3 Å². The van der Waals surface area contributed by atoms with Crippen molar-refractivity contribution in [3.8, 4) is 0 Å². The fraction of sp³-hybridized carbons (Fsp3) is 0.429. The monoisotopic (exact) mass is 264 g/mol. The normalized spacial score (nSPS) is 10.1. The van der Waals surface area contributed by atoms with E-state index >= 15 is 0 Å². The molecule has 1 rings (SSSR count). The highest BCUT2D eigenvalue weighted by molar-refractivity contribution is 6.39. The zero-order valence-corrected chi connectivity index (χ0v) is 11.6. The van der Waals surface area contributed by atoms with E-state index in [0.29, 0.717) is 25.3 Å². The predicted octanol–water partition coefficient (Wildman–Crippen LogP) is 1.39. The van der Waals surface area contributed by atoms with Gasteiger partial charge in [0.2, 0.25) is 0 Å². The molecule has 0 spiro atoms. The fourth-order valence-corrected chi connectivity index (χ4v) is 1.56. The first kappa shape index (κ1) is 15.2. The predicted molar refractivity (Wildman–Crippen MR) is 74.0 cm³/mol. The maximum absolute atomic E-state index is 11.7. The molecule has 19 heavy (non-hydrogen) atoms. The van der Waals surface area contributed by atoms with Crippen molar-refractivity contribution in [1.82, 2.24) is 5.32 Å². The van der Waals surface area contributed by atoms with Crippen LogP contribution in [-0.4, -0.2) is 32.1 Å². The summed E-state index contributed by atoms with van der Waals surface area (Å²) in [6.07, 6.45) is 0.680. The molecule has 0 saturated heterocycles. The first-order valence-electron chi connectivity index (χ1n) is 6.20. The lowest BCUT2D eigenvalue weighted by Gasteiger charge is -2.10. The van der Waals surface area contributed by atoms with Crippen LogP contribution in [0.2, 0.25) is 0 Å². The molecular weight excluding hydrogens is 244 g/mol. The maximum Gasteiger partial charge on any atom is 0.313 e. The lowest BCUT2D eigenvalue weighted by Crippen LogP contribution is -2.36. The topological polar surface area (TPSA) is 67.4 Å². The van der Waals surface area contributed by atoms with Crippen LogP contribution < -0.4 is 10.6 Å². The third-order valence-electron chi connectivity index (χ3n) is 2.87. The van der Waals surface area contributed by atoms with Crippen molar-refractivity contribution in [3.63, 3.8) is 0 Å². The number of benzene rings is 1. The van der Waals surface area contributed by atoms with Crippen LogP contribution in [0.3, 0.4) is 0 Å². The first-order valence-corrected chi connectivity index (χ1v) is 6.20. The minimum absolute atomic E-state index is 0.424. The van der Waals surface area contributed by atoms with Crippen LogP contribution in [0.4, 0.5) is 5.69 Å². The summed E-state index contributed by atoms with van der Waals surface area (Å²) in [7, 11) is 1.59. The van der Waals surface area contributed by atoms with Crippen LogP contribution in [0.5, 0.6) is 0 Å². The molecule has 0 atom stereocenters. The van der Waals surface area contributed by atoms with Gasteiger partial charge in [0, 0.05) is 25.9 Å². The van der Waals surface area contributed by atoms with Gasteiger partial charge in [0.25, 0.3) is 0 Å². The van der Waals surface area contributed by atoms with Crippen LogP contribution in [0.15, 0.2) is 18.2 Å². The Labute approximate surface area is 113 Å². The standard InChI is InChI=1S/C14H20N2O3/c1-10-6-4-7-12(11(10)2)16-14(18)13(17)15-8-5-9-19-3/h4,6-7H,5,8-9H2,1-3H3,(H,15,17)(H,16,18). The van der Waals surface area contributed by atoms with Gasteiger partial charge in [-0.2, -0.15) is 0 Å². The average molecular weight is 264 g/mol. The molecule has 2 amide bonds. The van der Waals surface area contributed by atoms with Gasteiger partial charge in [0.05, 0.1) is 0 Å². The SMILES string of the molecule is COCCCNC(=O)C(=O)Nc1cccc(C)c1C. The molecule has 0 bridgehead atoms. The van der Waals surface area contributed by atoms with Crippen molar-refractivity contribution in [1.29, 1.82) is 0 Å². The van der Waals surface area contributed by atoms with E-state index in [9.17, 15) is 9.59 Å². The summed E-state index contributed by atoms with van der Waals surface area (Å²) < 4.78 is 4.86. The quantitative estimate of drug-likeness (QED) is 0.624. The maximum atomic E-state index is 11.7. The molecule has 104 valence electrons. The van der Waals surface area contributed by atoms with Crippen molar-refractivity contribution in [2.45, 2.75) is 20.3 Å². The summed E-state index contributed by atoms with van der Waals surface area (Å²) in [4.78, 5) is 23.2. The van der Waals surface area contributed by atoms with Gasteiger partial charge in [-0.25, -0.2) is 0 Å². The second-order valence-electron chi connectivity index (χ2n) is 4.30. The highest BCUT2D eigenvalue weighted by Crippen LogP contribution is 2.17. The van der Waals surface area contributed by atoms with Crippen molar-refractivity contribution >= 4 is 17.5 Å². The van der Waals surface area contributed by atoms with E-state index in [1.807, 2.05) is 26.0 Å². The molecule has 1 aromatic carbocycles. The number of nitrogens with one attached hydrogen (secondary N) is 2. The highest BCUT2D eigenvalue weighted by Gasteiger charge is 2.14. The number of aryl methyl sites for hydroxylation is 1.